The molecule has 82 valence electrons. The molecule has 6 heteroatoms. The second kappa shape index (κ2) is 4.54. The third-order valence-corrected chi connectivity index (χ3v) is 3.13. The van der Waals surface area contributed by atoms with Gasteiger partial charge in [-0.15, -0.1) is 0 Å². The van der Waals surface area contributed by atoms with Gasteiger partial charge in [-0.05, 0) is 12.1 Å². The third kappa shape index (κ3) is 2.17. The summed E-state index contributed by atoms with van der Waals surface area (Å²) in [5.74, 6) is 0. The zero-order valence-electron chi connectivity index (χ0n) is 8.62. The molecule has 2 aromatic rings. The molecule has 16 heavy (non-hydrogen) atoms. The first kappa shape index (κ1) is 11.0. The molecule has 1 heterocycles. The number of nitrogens with zero attached hydrogens (tertiary/aromatic N) is 3. The standard InChI is InChI=1S/C10H10N4S2/c1-14(10-12-6-13-16-10)8-4-2-3-7(5-8)9(11)15/h2-6H,1H3,(H2,11,15). The van der Waals surface area contributed by atoms with E-state index in [-0.39, 0.29) is 0 Å². The highest BCUT2D eigenvalue weighted by Gasteiger charge is 2.07. The normalized spacial score (nSPS) is 10.1. The topological polar surface area (TPSA) is 55.0 Å². The summed E-state index contributed by atoms with van der Waals surface area (Å²) in [5.41, 5.74) is 7.43. The largest absolute Gasteiger partial charge is 0.389 e. The van der Waals surface area contributed by atoms with Gasteiger partial charge in [-0.3, -0.25) is 0 Å². The monoisotopic (exact) mass is 250 g/mol. The van der Waals surface area contributed by atoms with Gasteiger partial charge in [0.1, 0.15) is 11.3 Å². The minimum Gasteiger partial charge on any atom is -0.389 e. The van der Waals surface area contributed by atoms with Crippen LogP contribution in [0.2, 0.25) is 0 Å². The quantitative estimate of drug-likeness (QED) is 0.844. The Morgan fingerprint density at radius 3 is 2.94 bits per heavy atom. The number of aromatic nitrogens is 2. The fraction of sp³-hybridized carbons (Fsp3) is 0.100. The van der Waals surface area contributed by atoms with E-state index >= 15 is 0 Å². The van der Waals surface area contributed by atoms with Crippen molar-refractivity contribution in [1.82, 2.24) is 9.36 Å². The molecule has 1 aromatic carbocycles. The fourth-order valence-corrected chi connectivity index (χ4v) is 1.93. The zero-order chi connectivity index (χ0) is 11.5. The summed E-state index contributed by atoms with van der Waals surface area (Å²) in [7, 11) is 1.93. The van der Waals surface area contributed by atoms with E-state index < -0.39 is 0 Å². The molecule has 2 N–H and O–H groups in total. The van der Waals surface area contributed by atoms with Crippen LogP contribution in [0.1, 0.15) is 5.56 Å². The predicted molar refractivity (Wildman–Crippen MR) is 70.3 cm³/mol. The van der Waals surface area contributed by atoms with Crippen LogP contribution in [0.25, 0.3) is 0 Å². The van der Waals surface area contributed by atoms with Gasteiger partial charge in [0.15, 0.2) is 0 Å². The Bertz CT molecular complexity index is 495. The van der Waals surface area contributed by atoms with Gasteiger partial charge >= 0.3 is 0 Å². The maximum absolute atomic E-state index is 5.59. The summed E-state index contributed by atoms with van der Waals surface area (Å²) in [6.07, 6.45) is 1.54. The summed E-state index contributed by atoms with van der Waals surface area (Å²) < 4.78 is 3.96. The van der Waals surface area contributed by atoms with E-state index in [0.717, 1.165) is 16.4 Å². The second-order valence-electron chi connectivity index (χ2n) is 3.20. The molecule has 0 unspecified atom stereocenters. The van der Waals surface area contributed by atoms with Crippen molar-refractivity contribution in [2.75, 3.05) is 11.9 Å². The number of hydrogen-bond donors (Lipinski definition) is 1. The molecule has 0 aliphatic rings. The smallest absolute Gasteiger partial charge is 0.209 e. The van der Waals surface area contributed by atoms with Crippen LogP contribution in [-0.4, -0.2) is 21.4 Å². The van der Waals surface area contributed by atoms with Crippen LogP contribution < -0.4 is 10.6 Å². The summed E-state index contributed by atoms with van der Waals surface area (Å²) in [5, 5.41) is 0.833. The van der Waals surface area contributed by atoms with E-state index in [1.807, 2.05) is 36.2 Å². The number of thiocarbonyl (C=S) groups is 1. The predicted octanol–water partition coefficient (Wildman–Crippen LogP) is 1.94. The molecule has 0 fully saturated rings. The lowest BCUT2D eigenvalue weighted by Gasteiger charge is -2.15. The number of benzene rings is 1. The molecule has 0 saturated heterocycles. The zero-order valence-corrected chi connectivity index (χ0v) is 10.3. The Balaban J connectivity index is 2.34. The first-order valence-electron chi connectivity index (χ1n) is 4.59. The van der Waals surface area contributed by atoms with Crippen LogP contribution >= 0.6 is 23.8 Å². The van der Waals surface area contributed by atoms with Gasteiger partial charge in [0.05, 0.1) is 0 Å². The highest BCUT2D eigenvalue weighted by Crippen LogP contribution is 2.24. The van der Waals surface area contributed by atoms with E-state index in [1.54, 1.807) is 0 Å². The Hall–Kier alpha value is -1.53. The Kier molecular flexibility index (Phi) is 3.12. The molecule has 0 radical (unpaired) electrons. The molecule has 0 atom stereocenters. The van der Waals surface area contributed by atoms with Crippen LogP contribution in [-0.2, 0) is 0 Å². The molecule has 2 rings (SSSR count). The first-order valence-corrected chi connectivity index (χ1v) is 5.77. The van der Waals surface area contributed by atoms with Gasteiger partial charge in [0.2, 0.25) is 5.13 Å². The molecule has 0 spiro atoms. The Morgan fingerprint density at radius 2 is 2.31 bits per heavy atom. The maximum Gasteiger partial charge on any atom is 0.209 e. The average molecular weight is 250 g/mol. The van der Waals surface area contributed by atoms with E-state index in [1.165, 1.54) is 17.9 Å². The van der Waals surface area contributed by atoms with Gasteiger partial charge in [0.25, 0.3) is 0 Å². The number of hydrogen-bond acceptors (Lipinski definition) is 5. The number of rotatable bonds is 3. The molecule has 0 saturated carbocycles. The van der Waals surface area contributed by atoms with Crippen LogP contribution in [0.3, 0.4) is 0 Å². The highest BCUT2D eigenvalue weighted by atomic mass is 32.1. The molecule has 1 aromatic heterocycles. The van der Waals surface area contributed by atoms with Crippen LogP contribution in [0, 0.1) is 0 Å². The minimum atomic E-state index is 0.396. The summed E-state index contributed by atoms with van der Waals surface area (Å²) in [6, 6.07) is 7.72. The van der Waals surface area contributed by atoms with E-state index in [0.29, 0.717) is 4.99 Å². The second-order valence-corrected chi connectivity index (χ2v) is 4.40. The van der Waals surface area contributed by atoms with E-state index in [2.05, 4.69) is 9.36 Å². The van der Waals surface area contributed by atoms with Crippen molar-refractivity contribution in [1.29, 1.82) is 0 Å². The minimum absolute atomic E-state index is 0.396. The van der Waals surface area contributed by atoms with Crippen molar-refractivity contribution in [3.05, 3.63) is 36.2 Å². The first-order chi connectivity index (χ1) is 7.68. The van der Waals surface area contributed by atoms with Crippen LogP contribution in [0.15, 0.2) is 30.6 Å². The van der Waals surface area contributed by atoms with Gasteiger partial charge in [-0.1, -0.05) is 24.4 Å². The van der Waals surface area contributed by atoms with Gasteiger partial charge in [0, 0.05) is 29.8 Å². The van der Waals surface area contributed by atoms with Crippen molar-refractivity contribution >= 4 is 39.6 Å². The molecular formula is C10H10N4S2. The lowest BCUT2D eigenvalue weighted by molar-refractivity contribution is 1.16. The third-order valence-electron chi connectivity index (χ3n) is 2.15. The van der Waals surface area contributed by atoms with Crippen molar-refractivity contribution < 1.29 is 0 Å². The van der Waals surface area contributed by atoms with Crippen molar-refractivity contribution in [2.24, 2.45) is 5.73 Å². The van der Waals surface area contributed by atoms with Gasteiger partial charge in [-0.2, -0.15) is 4.37 Å². The summed E-state index contributed by atoms with van der Waals surface area (Å²) in [4.78, 5) is 6.48. The lowest BCUT2D eigenvalue weighted by atomic mass is 10.2. The number of nitrogens with two attached hydrogens (primary N) is 1. The van der Waals surface area contributed by atoms with Gasteiger partial charge < -0.3 is 10.6 Å². The summed E-state index contributed by atoms with van der Waals surface area (Å²) >= 11 is 6.28. The summed E-state index contributed by atoms with van der Waals surface area (Å²) in [6.45, 7) is 0. The van der Waals surface area contributed by atoms with E-state index in [9.17, 15) is 0 Å². The number of anilines is 2. The molecule has 0 aliphatic carbocycles. The highest BCUT2D eigenvalue weighted by molar-refractivity contribution is 7.80. The molecule has 4 nitrogen and oxygen atoms in total. The molecular weight excluding hydrogens is 240 g/mol. The van der Waals surface area contributed by atoms with Crippen LogP contribution in [0.5, 0.6) is 0 Å². The average Bonchev–Trinajstić information content (AvgIpc) is 2.81. The van der Waals surface area contributed by atoms with Crippen LogP contribution in [0.4, 0.5) is 10.8 Å². The Morgan fingerprint density at radius 1 is 1.50 bits per heavy atom. The van der Waals surface area contributed by atoms with Gasteiger partial charge in [-0.25, -0.2) is 4.98 Å². The maximum atomic E-state index is 5.59. The fourth-order valence-electron chi connectivity index (χ4n) is 1.29. The Labute approximate surface area is 103 Å². The van der Waals surface area contributed by atoms with Crippen molar-refractivity contribution in [2.45, 2.75) is 0 Å². The van der Waals surface area contributed by atoms with Crippen molar-refractivity contribution in [3.63, 3.8) is 0 Å². The molecule has 0 aliphatic heterocycles. The SMILES string of the molecule is CN(c1cccc(C(N)=S)c1)c1ncns1. The molecule has 0 amide bonds. The molecule has 0 bridgehead atoms. The van der Waals surface area contributed by atoms with E-state index in [4.69, 9.17) is 18.0 Å². The lowest BCUT2D eigenvalue weighted by Crippen LogP contribution is -2.12. The van der Waals surface area contributed by atoms with Crippen molar-refractivity contribution in [3.8, 4) is 0 Å².